The molecule has 1 saturated heterocycles. The predicted molar refractivity (Wildman–Crippen MR) is 97.3 cm³/mol. The molecule has 0 aromatic rings. The zero-order valence-corrected chi connectivity index (χ0v) is 17.3. The van der Waals surface area contributed by atoms with E-state index in [4.69, 9.17) is 4.74 Å². The highest BCUT2D eigenvalue weighted by molar-refractivity contribution is 6.59. The van der Waals surface area contributed by atoms with Gasteiger partial charge in [0.2, 0.25) is 0 Å². The number of nitrogens with zero attached hydrogens (tertiary/aromatic N) is 1. The van der Waals surface area contributed by atoms with Crippen LogP contribution in [0, 0.1) is 5.92 Å². The summed E-state index contributed by atoms with van der Waals surface area (Å²) in [6.45, 7) is 18.1. The summed E-state index contributed by atoms with van der Waals surface area (Å²) in [5, 5.41) is 10.0. The van der Waals surface area contributed by atoms with Crippen LogP contribution in [0.25, 0.3) is 0 Å². The van der Waals surface area contributed by atoms with Gasteiger partial charge in [-0.15, -0.1) is 0 Å². The second kappa shape index (κ2) is 7.56. The van der Waals surface area contributed by atoms with Crippen molar-refractivity contribution in [3.8, 4) is 0 Å². The van der Waals surface area contributed by atoms with Crippen molar-refractivity contribution in [2.24, 2.45) is 5.92 Å². The van der Waals surface area contributed by atoms with Crippen LogP contribution in [0.5, 0.6) is 0 Å². The van der Waals surface area contributed by atoms with E-state index in [2.05, 4.69) is 33.9 Å². The Kier molecular flexibility index (Phi) is 6.73. The highest BCUT2D eigenvalue weighted by atomic mass is 28.3. The van der Waals surface area contributed by atoms with Crippen LogP contribution in [0.4, 0.5) is 4.79 Å². The number of amides is 1. The Bertz CT molecular complexity index is 401. The van der Waals surface area contributed by atoms with Crippen molar-refractivity contribution in [1.29, 1.82) is 0 Å². The van der Waals surface area contributed by atoms with Crippen molar-refractivity contribution >= 4 is 14.9 Å². The molecule has 4 nitrogen and oxygen atoms in total. The summed E-state index contributed by atoms with van der Waals surface area (Å²) in [6.07, 6.45) is 1.87. The van der Waals surface area contributed by atoms with E-state index in [1.807, 2.05) is 20.8 Å². The lowest BCUT2D eigenvalue weighted by Crippen LogP contribution is -2.41. The van der Waals surface area contributed by atoms with Gasteiger partial charge in [-0.2, -0.15) is 0 Å². The van der Waals surface area contributed by atoms with Gasteiger partial charge < -0.3 is 14.7 Å². The number of hydrogen-bond donors (Lipinski definition) is 1. The number of carbonyl (C=O) groups is 1. The molecule has 134 valence electrons. The molecule has 1 aliphatic rings. The smallest absolute Gasteiger partial charge is 0.410 e. The van der Waals surface area contributed by atoms with Gasteiger partial charge in [0, 0.05) is 6.04 Å². The summed E-state index contributed by atoms with van der Waals surface area (Å²) in [4.78, 5) is 14.1. The van der Waals surface area contributed by atoms with Crippen LogP contribution in [0.1, 0.15) is 60.8 Å². The molecule has 0 saturated carbocycles. The number of aliphatic hydroxyl groups is 1. The molecule has 0 aliphatic carbocycles. The zero-order valence-electron chi connectivity index (χ0n) is 16.3. The summed E-state index contributed by atoms with van der Waals surface area (Å²) in [6, 6.07) is 0.0512. The number of hydrogen-bond acceptors (Lipinski definition) is 3. The molecular weight excluding hydrogens is 306 g/mol. The monoisotopic (exact) mass is 342 g/mol. The number of β-amino-alcohol motifs (C(OH)–C–C–N with tert-alkyl or cyclic N) is 1. The quantitative estimate of drug-likeness (QED) is 0.732. The molecule has 5 heteroatoms. The third-order valence-corrected chi connectivity index (χ3v) is 8.93. The number of aliphatic hydroxyl groups excluding tert-OH is 1. The fourth-order valence-corrected chi connectivity index (χ4v) is 5.06. The van der Waals surface area contributed by atoms with E-state index in [1.165, 1.54) is 0 Å². The van der Waals surface area contributed by atoms with Crippen molar-refractivity contribution in [2.75, 3.05) is 6.54 Å². The van der Waals surface area contributed by atoms with Crippen LogP contribution >= 0.6 is 0 Å². The summed E-state index contributed by atoms with van der Waals surface area (Å²) in [7, 11) is -0.436. The van der Waals surface area contributed by atoms with E-state index in [9.17, 15) is 9.90 Å². The topological polar surface area (TPSA) is 49.8 Å². The normalized spacial score (nSPS) is 24.7. The first-order chi connectivity index (χ1) is 10.4. The van der Waals surface area contributed by atoms with Gasteiger partial charge in [-0.3, -0.25) is 0 Å². The van der Waals surface area contributed by atoms with Gasteiger partial charge in [-0.1, -0.05) is 13.8 Å². The van der Waals surface area contributed by atoms with Gasteiger partial charge >= 0.3 is 14.9 Å². The largest absolute Gasteiger partial charge is 0.443 e. The third-order valence-electron chi connectivity index (χ3n) is 5.81. The average Bonchev–Trinajstić information content (AvgIpc) is 2.74. The summed E-state index contributed by atoms with van der Waals surface area (Å²) in [5.41, 5.74) is -0.474. The maximum atomic E-state index is 12.4. The van der Waals surface area contributed by atoms with Crippen molar-refractivity contribution in [3.05, 3.63) is 0 Å². The van der Waals surface area contributed by atoms with Crippen LogP contribution in [0.3, 0.4) is 0 Å². The Morgan fingerprint density at radius 2 is 1.87 bits per heavy atom. The molecule has 0 aromatic heterocycles. The maximum absolute atomic E-state index is 12.4. The molecule has 1 N–H and O–H groups in total. The third kappa shape index (κ3) is 5.21. The Morgan fingerprint density at radius 3 is 2.26 bits per heavy atom. The number of carbonyl (C=O) groups excluding carboxylic acids is 1. The van der Waals surface area contributed by atoms with Crippen LogP contribution < -0.4 is 0 Å². The van der Waals surface area contributed by atoms with Gasteiger partial charge in [-0.05, 0) is 52.9 Å². The van der Waals surface area contributed by atoms with Crippen LogP contribution in [0.15, 0.2) is 0 Å². The fraction of sp³-hybridized carbons (Fsp3) is 0.944. The van der Waals surface area contributed by atoms with E-state index in [0.717, 1.165) is 12.8 Å². The second-order valence-electron chi connectivity index (χ2n) is 8.59. The lowest BCUT2D eigenvalue weighted by Gasteiger charge is -2.34. The summed E-state index contributed by atoms with van der Waals surface area (Å²) >= 11 is 0. The van der Waals surface area contributed by atoms with Gasteiger partial charge in [0.15, 0.2) is 0 Å². The number of ether oxygens (including phenoxy) is 1. The van der Waals surface area contributed by atoms with E-state index in [-0.39, 0.29) is 12.1 Å². The molecule has 1 heterocycles. The highest BCUT2D eigenvalue weighted by Gasteiger charge is 2.45. The molecule has 23 heavy (non-hydrogen) atoms. The predicted octanol–water partition coefficient (Wildman–Crippen LogP) is 4.31. The minimum atomic E-state index is -0.474. The Labute approximate surface area is 144 Å². The van der Waals surface area contributed by atoms with Gasteiger partial charge in [0.1, 0.15) is 5.60 Å². The van der Waals surface area contributed by atoms with Gasteiger partial charge in [-0.25, -0.2) is 4.79 Å². The van der Waals surface area contributed by atoms with Gasteiger partial charge in [0.05, 0.1) is 30.8 Å². The van der Waals surface area contributed by atoms with E-state index < -0.39 is 20.5 Å². The first-order valence-corrected chi connectivity index (χ1v) is 11.4. The molecule has 0 spiro atoms. The fourth-order valence-electron chi connectivity index (χ4n) is 3.28. The first-order valence-electron chi connectivity index (χ1n) is 8.87. The van der Waals surface area contributed by atoms with Crippen molar-refractivity contribution in [2.45, 2.75) is 96.7 Å². The maximum Gasteiger partial charge on any atom is 0.410 e. The van der Waals surface area contributed by atoms with Crippen LogP contribution in [-0.4, -0.2) is 49.2 Å². The standard InChI is InChI=1S/C18H36NO3Si/c1-13(2)18(6,23(7)8)10-9-17(4,5)22-16(21)19-12-15(20)11-14(19)3/h13-15,20H,9-12H2,1-8H3/q+1/t14-,15+,18?/m0/s1. The molecule has 1 fully saturated rings. The van der Waals surface area contributed by atoms with Crippen molar-refractivity contribution in [3.63, 3.8) is 0 Å². The lowest BCUT2D eigenvalue weighted by atomic mass is 9.87. The number of rotatable bonds is 6. The van der Waals surface area contributed by atoms with Crippen LogP contribution in [-0.2, 0) is 4.74 Å². The van der Waals surface area contributed by atoms with Crippen LogP contribution in [0.2, 0.25) is 18.1 Å². The SMILES string of the molecule is CC(C)C(C)(CCC(C)(C)OC(=O)N1C[C@H](O)C[C@@H]1C)[Si+](C)C. The molecular formula is C18H36NO3Si+. The molecule has 1 amide bonds. The van der Waals surface area contributed by atoms with E-state index in [0.29, 0.717) is 23.9 Å². The number of likely N-dealkylation sites (tertiary alicyclic amines) is 1. The summed E-state index contributed by atoms with van der Waals surface area (Å²) < 4.78 is 5.78. The van der Waals surface area contributed by atoms with Crippen molar-refractivity contribution < 1.29 is 14.6 Å². The Morgan fingerprint density at radius 1 is 1.30 bits per heavy atom. The molecule has 3 atom stereocenters. The first kappa shape index (κ1) is 20.5. The zero-order chi connectivity index (χ0) is 18.0. The molecule has 1 rings (SSSR count). The molecule has 0 aromatic carbocycles. The molecule has 0 radical (unpaired) electrons. The van der Waals surface area contributed by atoms with Gasteiger partial charge in [0.25, 0.3) is 0 Å². The Hall–Kier alpha value is -0.553. The molecule has 0 bridgehead atoms. The van der Waals surface area contributed by atoms with E-state index in [1.54, 1.807) is 4.90 Å². The lowest BCUT2D eigenvalue weighted by molar-refractivity contribution is 0.00232. The highest BCUT2D eigenvalue weighted by Crippen LogP contribution is 2.44. The van der Waals surface area contributed by atoms with Crippen molar-refractivity contribution in [1.82, 2.24) is 4.90 Å². The minimum Gasteiger partial charge on any atom is -0.443 e. The second-order valence-corrected chi connectivity index (χ2v) is 11.7. The van der Waals surface area contributed by atoms with E-state index >= 15 is 0 Å². The minimum absolute atomic E-state index is 0.0512. The molecule has 1 aliphatic heterocycles. The Balaban J connectivity index is 2.64. The average molecular weight is 343 g/mol. The molecule has 1 unspecified atom stereocenters. The summed E-state index contributed by atoms with van der Waals surface area (Å²) in [5.74, 6) is 0.631.